The second-order valence-corrected chi connectivity index (χ2v) is 5.06. The van der Waals surface area contributed by atoms with Crippen molar-refractivity contribution >= 4 is 11.7 Å². The van der Waals surface area contributed by atoms with Crippen LogP contribution in [0.25, 0.3) is 0 Å². The number of rotatable bonds is 7. The van der Waals surface area contributed by atoms with Gasteiger partial charge in [-0.15, -0.1) is 0 Å². The number of nitrogens with one attached hydrogen (secondary N) is 1. The molecule has 1 aromatic rings. The van der Waals surface area contributed by atoms with Crippen molar-refractivity contribution in [3.8, 4) is 0 Å². The Bertz CT molecular complexity index is 435. The molecule has 0 saturated carbocycles. The van der Waals surface area contributed by atoms with Crippen LogP contribution in [0.2, 0.25) is 0 Å². The first-order valence-corrected chi connectivity index (χ1v) is 6.32. The Morgan fingerprint density at radius 1 is 1.47 bits per heavy atom. The summed E-state index contributed by atoms with van der Waals surface area (Å²) in [6.45, 7) is 5.54. The van der Waals surface area contributed by atoms with Crippen molar-refractivity contribution in [2.45, 2.75) is 20.4 Å². The third kappa shape index (κ3) is 5.26. The molecule has 0 fully saturated rings. The third-order valence-corrected chi connectivity index (χ3v) is 2.68. The predicted molar refractivity (Wildman–Crippen MR) is 73.9 cm³/mol. The molecule has 0 heterocycles. The van der Waals surface area contributed by atoms with Gasteiger partial charge in [-0.3, -0.25) is 4.79 Å². The lowest BCUT2D eigenvalue weighted by atomic mass is 10.1. The smallest absolute Gasteiger partial charge is 0.323 e. The van der Waals surface area contributed by atoms with E-state index >= 15 is 0 Å². The standard InChI is InChI=1S/C14H21FN2O2/c1-10(2)7-16-8-11-4-5-12(15)13(6-11)17(3)9-14(18)19/h4-6,10,16H,7-9H2,1-3H3,(H,18,19). The van der Waals surface area contributed by atoms with E-state index in [4.69, 9.17) is 5.11 Å². The summed E-state index contributed by atoms with van der Waals surface area (Å²) in [5, 5.41) is 12.0. The van der Waals surface area contributed by atoms with Gasteiger partial charge in [0.15, 0.2) is 0 Å². The van der Waals surface area contributed by atoms with Gasteiger partial charge in [0.1, 0.15) is 12.4 Å². The van der Waals surface area contributed by atoms with Gasteiger partial charge < -0.3 is 15.3 Å². The summed E-state index contributed by atoms with van der Waals surface area (Å²) in [6, 6.07) is 4.77. The molecule has 0 amide bonds. The highest BCUT2D eigenvalue weighted by Gasteiger charge is 2.11. The summed E-state index contributed by atoms with van der Waals surface area (Å²) in [7, 11) is 1.57. The Balaban J connectivity index is 2.73. The topological polar surface area (TPSA) is 52.6 Å². The molecule has 5 heteroatoms. The number of halogens is 1. The van der Waals surface area contributed by atoms with E-state index in [9.17, 15) is 9.18 Å². The zero-order valence-corrected chi connectivity index (χ0v) is 11.6. The van der Waals surface area contributed by atoms with Gasteiger partial charge in [0.05, 0.1) is 5.69 Å². The summed E-state index contributed by atoms with van der Waals surface area (Å²) in [5.74, 6) is -0.837. The van der Waals surface area contributed by atoms with E-state index < -0.39 is 11.8 Å². The average molecular weight is 268 g/mol. The van der Waals surface area contributed by atoms with E-state index in [0.29, 0.717) is 18.2 Å². The molecule has 19 heavy (non-hydrogen) atoms. The molecular weight excluding hydrogens is 247 g/mol. The van der Waals surface area contributed by atoms with Crippen molar-refractivity contribution in [1.29, 1.82) is 0 Å². The second-order valence-electron chi connectivity index (χ2n) is 5.06. The molecule has 0 saturated heterocycles. The Morgan fingerprint density at radius 3 is 2.74 bits per heavy atom. The molecule has 4 nitrogen and oxygen atoms in total. The zero-order chi connectivity index (χ0) is 14.4. The summed E-state index contributed by atoms with van der Waals surface area (Å²) in [6.07, 6.45) is 0. The van der Waals surface area contributed by atoms with Gasteiger partial charge in [-0.25, -0.2) is 4.39 Å². The van der Waals surface area contributed by atoms with Crippen LogP contribution in [0.4, 0.5) is 10.1 Å². The average Bonchev–Trinajstić information content (AvgIpc) is 2.29. The van der Waals surface area contributed by atoms with E-state index in [1.807, 2.05) is 0 Å². The first-order chi connectivity index (χ1) is 8.90. The second kappa shape index (κ2) is 7.09. The SMILES string of the molecule is CC(C)CNCc1ccc(F)c(N(C)CC(=O)O)c1. The number of aliphatic carboxylic acids is 1. The minimum atomic E-state index is -0.981. The number of carboxylic acid groups (broad SMARTS) is 1. The number of hydrogen-bond donors (Lipinski definition) is 2. The van der Waals surface area contributed by atoms with Crippen LogP contribution in [0.5, 0.6) is 0 Å². The fraction of sp³-hybridized carbons (Fsp3) is 0.500. The quantitative estimate of drug-likeness (QED) is 0.795. The van der Waals surface area contributed by atoms with E-state index in [0.717, 1.165) is 12.1 Å². The minimum absolute atomic E-state index is 0.222. The minimum Gasteiger partial charge on any atom is -0.480 e. The van der Waals surface area contributed by atoms with Gasteiger partial charge in [-0.1, -0.05) is 19.9 Å². The van der Waals surface area contributed by atoms with Crippen LogP contribution >= 0.6 is 0 Å². The number of likely N-dealkylation sites (N-methyl/N-ethyl adjacent to an activating group) is 1. The summed E-state index contributed by atoms with van der Waals surface area (Å²) < 4.78 is 13.7. The first kappa shape index (κ1) is 15.4. The zero-order valence-electron chi connectivity index (χ0n) is 11.6. The normalized spacial score (nSPS) is 10.8. The summed E-state index contributed by atoms with van der Waals surface area (Å²) in [4.78, 5) is 12.0. The molecule has 0 atom stereocenters. The Labute approximate surface area is 113 Å². The molecule has 2 N–H and O–H groups in total. The fourth-order valence-electron chi connectivity index (χ4n) is 1.75. The lowest BCUT2D eigenvalue weighted by molar-refractivity contribution is -0.135. The molecule has 0 spiro atoms. The maximum Gasteiger partial charge on any atom is 0.323 e. The third-order valence-electron chi connectivity index (χ3n) is 2.68. The van der Waals surface area contributed by atoms with Crippen molar-refractivity contribution in [1.82, 2.24) is 5.32 Å². The highest BCUT2D eigenvalue weighted by Crippen LogP contribution is 2.19. The molecule has 0 aromatic heterocycles. The Hall–Kier alpha value is -1.62. The Morgan fingerprint density at radius 2 is 2.16 bits per heavy atom. The van der Waals surface area contributed by atoms with Crippen LogP contribution < -0.4 is 10.2 Å². The largest absolute Gasteiger partial charge is 0.480 e. The molecular formula is C14H21FN2O2. The van der Waals surface area contributed by atoms with Gasteiger partial charge in [-0.2, -0.15) is 0 Å². The molecule has 1 rings (SSSR count). The molecule has 0 aliphatic carbocycles. The number of carboxylic acids is 1. The maximum absolute atomic E-state index is 13.7. The van der Waals surface area contributed by atoms with Crippen LogP contribution in [-0.4, -0.2) is 31.2 Å². The van der Waals surface area contributed by atoms with Crippen LogP contribution in [0, 0.1) is 11.7 Å². The summed E-state index contributed by atoms with van der Waals surface area (Å²) >= 11 is 0. The van der Waals surface area contributed by atoms with Crippen LogP contribution in [0.1, 0.15) is 19.4 Å². The fourth-order valence-corrected chi connectivity index (χ4v) is 1.75. The van der Waals surface area contributed by atoms with Crippen LogP contribution in [0.3, 0.4) is 0 Å². The van der Waals surface area contributed by atoms with Crippen LogP contribution in [-0.2, 0) is 11.3 Å². The molecule has 0 aliphatic rings. The monoisotopic (exact) mass is 268 g/mol. The van der Waals surface area contributed by atoms with Crippen molar-refractivity contribution in [2.24, 2.45) is 5.92 Å². The predicted octanol–water partition coefficient (Wildman–Crippen LogP) is 2.09. The molecule has 0 aliphatic heterocycles. The van der Waals surface area contributed by atoms with Crippen LogP contribution in [0.15, 0.2) is 18.2 Å². The molecule has 0 bridgehead atoms. The highest BCUT2D eigenvalue weighted by atomic mass is 19.1. The van der Waals surface area contributed by atoms with Crippen molar-refractivity contribution in [3.05, 3.63) is 29.6 Å². The lowest BCUT2D eigenvalue weighted by Gasteiger charge is -2.18. The Kier molecular flexibility index (Phi) is 5.76. The van der Waals surface area contributed by atoms with Gasteiger partial charge in [0.25, 0.3) is 0 Å². The first-order valence-electron chi connectivity index (χ1n) is 6.32. The van der Waals surface area contributed by atoms with Crippen molar-refractivity contribution in [2.75, 3.05) is 25.0 Å². The molecule has 1 aromatic carbocycles. The highest BCUT2D eigenvalue weighted by molar-refractivity contribution is 5.73. The van der Waals surface area contributed by atoms with E-state index in [1.54, 1.807) is 19.2 Å². The van der Waals surface area contributed by atoms with Crippen molar-refractivity contribution in [3.63, 3.8) is 0 Å². The van der Waals surface area contributed by atoms with Gasteiger partial charge in [0.2, 0.25) is 0 Å². The summed E-state index contributed by atoms with van der Waals surface area (Å²) in [5.41, 5.74) is 1.25. The van der Waals surface area contributed by atoms with E-state index in [1.165, 1.54) is 11.0 Å². The van der Waals surface area contributed by atoms with Gasteiger partial charge in [-0.05, 0) is 30.2 Å². The van der Waals surface area contributed by atoms with E-state index in [-0.39, 0.29) is 6.54 Å². The van der Waals surface area contributed by atoms with Gasteiger partial charge >= 0.3 is 5.97 Å². The number of hydrogen-bond acceptors (Lipinski definition) is 3. The van der Waals surface area contributed by atoms with E-state index in [2.05, 4.69) is 19.2 Å². The molecule has 0 unspecified atom stereocenters. The number of carbonyl (C=O) groups is 1. The maximum atomic E-state index is 13.7. The number of anilines is 1. The number of nitrogens with zero attached hydrogens (tertiary/aromatic N) is 1. The molecule has 0 radical (unpaired) electrons. The molecule has 106 valence electrons. The lowest BCUT2D eigenvalue weighted by Crippen LogP contribution is -2.26. The number of benzene rings is 1. The van der Waals surface area contributed by atoms with Gasteiger partial charge in [0, 0.05) is 13.6 Å². The van der Waals surface area contributed by atoms with Crippen molar-refractivity contribution < 1.29 is 14.3 Å².